The number of ether oxygens (including phenoxy) is 1. The lowest BCUT2D eigenvalue weighted by molar-refractivity contribution is -0.152. The predicted octanol–water partition coefficient (Wildman–Crippen LogP) is 1.77. The van der Waals surface area contributed by atoms with Crippen LogP contribution in [0, 0.1) is 5.41 Å². The molecule has 0 spiro atoms. The molecule has 98 valence electrons. The van der Waals surface area contributed by atoms with Gasteiger partial charge in [-0.25, -0.2) is 0 Å². The van der Waals surface area contributed by atoms with Crippen molar-refractivity contribution in [2.75, 3.05) is 19.1 Å². The van der Waals surface area contributed by atoms with Crippen LogP contribution in [0.15, 0.2) is 24.3 Å². The summed E-state index contributed by atoms with van der Waals surface area (Å²) in [5.74, 6) is -0.940. The fourth-order valence-electron chi connectivity index (χ4n) is 1.43. The van der Waals surface area contributed by atoms with Gasteiger partial charge in [-0.1, -0.05) is 0 Å². The summed E-state index contributed by atoms with van der Waals surface area (Å²) in [6.07, 6.45) is 0. The molecule has 0 aliphatic rings. The third-order valence-corrected chi connectivity index (χ3v) is 2.83. The number of carboxylic acids is 1. The fourth-order valence-corrected chi connectivity index (χ4v) is 1.43. The number of carbonyl (C=O) groups excluding carboxylic acids is 1. The summed E-state index contributed by atoms with van der Waals surface area (Å²) in [5, 5.41) is 9.02. The van der Waals surface area contributed by atoms with Gasteiger partial charge in [0.25, 0.3) is 0 Å². The van der Waals surface area contributed by atoms with E-state index in [0.29, 0.717) is 11.4 Å². The minimum absolute atomic E-state index is 0.472. The topological polar surface area (TPSA) is 66.8 Å². The van der Waals surface area contributed by atoms with Crippen LogP contribution in [0.5, 0.6) is 5.75 Å². The third kappa shape index (κ3) is 2.61. The highest BCUT2D eigenvalue weighted by atomic mass is 16.5. The summed E-state index contributed by atoms with van der Waals surface area (Å²) in [6, 6.07) is 6.84. The van der Waals surface area contributed by atoms with Crippen LogP contribution in [0.2, 0.25) is 0 Å². The fraction of sp³-hybridized carbons (Fsp3) is 0.385. The first-order valence-electron chi connectivity index (χ1n) is 5.46. The predicted molar refractivity (Wildman–Crippen MR) is 67.8 cm³/mol. The summed E-state index contributed by atoms with van der Waals surface area (Å²) >= 11 is 0. The van der Waals surface area contributed by atoms with Crippen molar-refractivity contribution in [1.82, 2.24) is 0 Å². The molecule has 0 fully saturated rings. The van der Waals surface area contributed by atoms with E-state index in [9.17, 15) is 9.59 Å². The van der Waals surface area contributed by atoms with Gasteiger partial charge >= 0.3 is 5.97 Å². The Hall–Kier alpha value is -2.04. The zero-order valence-corrected chi connectivity index (χ0v) is 10.9. The molecule has 1 N–H and O–H groups in total. The van der Waals surface area contributed by atoms with Crippen molar-refractivity contribution in [3.8, 4) is 5.75 Å². The monoisotopic (exact) mass is 251 g/mol. The van der Waals surface area contributed by atoms with E-state index >= 15 is 0 Å². The number of rotatable bonds is 4. The molecule has 5 heteroatoms. The van der Waals surface area contributed by atoms with Crippen LogP contribution in [0.4, 0.5) is 5.69 Å². The minimum Gasteiger partial charge on any atom is -0.497 e. The van der Waals surface area contributed by atoms with Gasteiger partial charge in [0.2, 0.25) is 5.91 Å². The molecule has 18 heavy (non-hydrogen) atoms. The molecular weight excluding hydrogens is 234 g/mol. The molecule has 0 aliphatic carbocycles. The number of amides is 1. The van der Waals surface area contributed by atoms with E-state index in [4.69, 9.17) is 9.84 Å². The molecule has 1 amide bonds. The summed E-state index contributed by atoms with van der Waals surface area (Å²) in [7, 11) is 3.10. The van der Waals surface area contributed by atoms with E-state index < -0.39 is 17.3 Å². The Morgan fingerprint density at radius 1 is 1.22 bits per heavy atom. The van der Waals surface area contributed by atoms with E-state index in [1.165, 1.54) is 18.7 Å². The first kappa shape index (κ1) is 14.0. The second kappa shape index (κ2) is 5.08. The maximum absolute atomic E-state index is 12.1. The number of carbonyl (C=O) groups is 2. The van der Waals surface area contributed by atoms with E-state index in [1.54, 1.807) is 38.4 Å². The number of hydrogen-bond acceptors (Lipinski definition) is 3. The number of aliphatic carboxylic acids is 1. The van der Waals surface area contributed by atoms with Crippen LogP contribution in [-0.4, -0.2) is 31.1 Å². The van der Waals surface area contributed by atoms with E-state index in [-0.39, 0.29) is 0 Å². The van der Waals surface area contributed by atoms with Crippen molar-refractivity contribution >= 4 is 17.6 Å². The van der Waals surface area contributed by atoms with Crippen molar-refractivity contribution in [1.29, 1.82) is 0 Å². The molecule has 0 aliphatic heterocycles. The van der Waals surface area contributed by atoms with Crippen LogP contribution < -0.4 is 9.64 Å². The van der Waals surface area contributed by atoms with Crippen LogP contribution in [0.1, 0.15) is 13.8 Å². The Morgan fingerprint density at radius 2 is 1.72 bits per heavy atom. The first-order chi connectivity index (χ1) is 8.30. The van der Waals surface area contributed by atoms with Gasteiger partial charge in [-0.2, -0.15) is 0 Å². The van der Waals surface area contributed by atoms with Crippen LogP contribution in [0.3, 0.4) is 0 Å². The lowest BCUT2D eigenvalue weighted by Gasteiger charge is -2.26. The second-order valence-electron chi connectivity index (χ2n) is 4.49. The summed E-state index contributed by atoms with van der Waals surface area (Å²) in [6.45, 7) is 2.77. The number of carboxylic acid groups (broad SMARTS) is 1. The molecule has 1 rings (SSSR count). The SMILES string of the molecule is COc1ccc(N(C)C(=O)C(C)(C)C(=O)O)cc1. The van der Waals surface area contributed by atoms with Gasteiger partial charge < -0.3 is 14.7 Å². The van der Waals surface area contributed by atoms with E-state index in [1.807, 2.05) is 0 Å². The summed E-state index contributed by atoms with van der Waals surface area (Å²) in [4.78, 5) is 24.4. The molecule has 1 aromatic carbocycles. The molecule has 0 aromatic heterocycles. The summed E-state index contributed by atoms with van der Waals surface area (Å²) in [5.41, 5.74) is -0.829. The van der Waals surface area contributed by atoms with Gasteiger partial charge in [0.1, 0.15) is 11.2 Å². The van der Waals surface area contributed by atoms with Crippen LogP contribution in [-0.2, 0) is 9.59 Å². The van der Waals surface area contributed by atoms with Gasteiger partial charge in [-0.05, 0) is 38.1 Å². The molecule has 0 atom stereocenters. The van der Waals surface area contributed by atoms with Crippen LogP contribution >= 0.6 is 0 Å². The van der Waals surface area contributed by atoms with Gasteiger partial charge in [0, 0.05) is 12.7 Å². The minimum atomic E-state index is -1.45. The zero-order chi connectivity index (χ0) is 13.9. The second-order valence-corrected chi connectivity index (χ2v) is 4.49. The Labute approximate surface area is 106 Å². The highest BCUT2D eigenvalue weighted by molar-refractivity contribution is 6.08. The van der Waals surface area contributed by atoms with Crippen molar-refractivity contribution < 1.29 is 19.4 Å². The highest BCUT2D eigenvalue weighted by Gasteiger charge is 2.38. The molecule has 0 heterocycles. The van der Waals surface area contributed by atoms with Crippen LogP contribution in [0.25, 0.3) is 0 Å². The first-order valence-corrected chi connectivity index (χ1v) is 5.46. The van der Waals surface area contributed by atoms with Gasteiger partial charge in [-0.3, -0.25) is 9.59 Å². The van der Waals surface area contributed by atoms with Crippen molar-refractivity contribution in [2.45, 2.75) is 13.8 Å². The zero-order valence-electron chi connectivity index (χ0n) is 10.9. The number of anilines is 1. The maximum atomic E-state index is 12.1. The Kier molecular flexibility index (Phi) is 3.96. The molecular formula is C13H17NO4. The lowest BCUT2D eigenvalue weighted by atomic mass is 9.92. The molecule has 1 aromatic rings. The Bertz CT molecular complexity index is 451. The average molecular weight is 251 g/mol. The van der Waals surface area contributed by atoms with E-state index in [2.05, 4.69) is 0 Å². The average Bonchev–Trinajstić information content (AvgIpc) is 2.36. The van der Waals surface area contributed by atoms with Gasteiger partial charge in [0.05, 0.1) is 7.11 Å². The standard InChI is InChI=1S/C13H17NO4/c1-13(2,12(16)17)11(15)14(3)9-5-7-10(18-4)8-6-9/h5-8H,1-4H3,(H,16,17). The highest BCUT2D eigenvalue weighted by Crippen LogP contribution is 2.24. The van der Waals surface area contributed by atoms with Crippen molar-refractivity contribution in [3.63, 3.8) is 0 Å². The van der Waals surface area contributed by atoms with Gasteiger partial charge in [-0.15, -0.1) is 0 Å². The number of hydrogen-bond donors (Lipinski definition) is 1. The largest absolute Gasteiger partial charge is 0.497 e. The Balaban J connectivity index is 2.96. The number of nitrogens with zero attached hydrogens (tertiary/aromatic N) is 1. The lowest BCUT2D eigenvalue weighted by Crippen LogP contribution is -2.43. The number of methoxy groups -OCH3 is 1. The van der Waals surface area contributed by atoms with Crippen molar-refractivity contribution in [2.24, 2.45) is 5.41 Å². The quantitative estimate of drug-likeness (QED) is 0.828. The molecule has 0 bridgehead atoms. The Morgan fingerprint density at radius 3 is 2.11 bits per heavy atom. The van der Waals surface area contributed by atoms with E-state index in [0.717, 1.165) is 0 Å². The maximum Gasteiger partial charge on any atom is 0.318 e. The normalized spacial score (nSPS) is 10.9. The molecule has 5 nitrogen and oxygen atoms in total. The molecule has 0 saturated carbocycles. The molecule has 0 radical (unpaired) electrons. The summed E-state index contributed by atoms with van der Waals surface area (Å²) < 4.78 is 5.02. The van der Waals surface area contributed by atoms with Gasteiger partial charge in [0.15, 0.2) is 0 Å². The smallest absolute Gasteiger partial charge is 0.318 e. The molecule has 0 unspecified atom stereocenters. The number of benzene rings is 1. The third-order valence-electron chi connectivity index (χ3n) is 2.83. The van der Waals surface area contributed by atoms with Crippen molar-refractivity contribution in [3.05, 3.63) is 24.3 Å². The molecule has 0 saturated heterocycles.